The van der Waals surface area contributed by atoms with E-state index in [-0.39, 0.29) is 11.9 Å². The molecule has 6 heteroatoms. The molecule has 1 amide bonds. The number of benzene rings is 2. The molecule has 0 saturated carbocycles. The molecular weight excluding hydrogens is 343 g/mol. The third-order valence-electron chi connectivity index (χ3n) is 4.79. The molecule has 2 aromatic carbocycles. The Labute approximate surface area is 150 Å². The van der Waals surface area contributed by atoms with Crippen molar-refractivity contribution in [1.82, 2.24) is 4.90 Å². The number of hydrogen-bond donors (Lipinski definition) is 0. The van der Waals surface area contributed by atoms with Crippen LogP contribution in [-0.2, 0) is 17.8 Å². The van der Waals surface area contributed by atoms with Gasteiger partial charge in [-0.15, -0.1) is 0 Å². The Bertz CT molecular complexity index is 814. The van der Waals surface area contributed by atoms with E-state index in [9.17, 15) is 9.18 Å². The summed E-state index contributed by atoms with van der Waals surface area (Å²) in [6, 6.07) is 12.3. The zero-order valence-electron chi connectivity index (χ0n) is 13.6. The number of ether oxygens (including phenoxy) is 1. The topological polar surface area (TPSA) is 32.8 Å². The predicted octanol–water partition coefficient (Wildman–Crippen LogP) is 4.21. The molecule has 25 heavy (non-hydrogen) atoms. The second-order valence-electron chi connectivity index (χ2n) is 6.46. The van der Waals surface area contributed by atoms with Gasteiger partial charge in [0, 0.05) is 24.7 Å². The monoisotopic (exact) mass is 360 g/mol. The fourth-order valence-corrected chi connectivity index (χ4v) is 3.71. The molecule has 0 N–H and O–H groups in total. The van der Waals surface area contributed by atoms with E-state index in [1.165, 1.54) is 12.1 Å². The van der Waals surface area contributed by atoms with E-state index in [1.54, 1.807) is 11.0 Å². The second kappa shape index (κ2) is 6.65. The Hall–Kier alpha value is -2.11. The summed E-state index contributed by atoms with van der Waals surface area (Å²) in [6.45, 7) is 2.48. The first-order valence-corrected chi connectivity index (χ1v) is 8.70. The fourth-order valence-electron chi connectivity index (χ4n) is 3.52. The highest BCUT2D eigenvalue weighted by Crippen LogP contribution is 2.33. The Kier molecular flexibility index (Phi) is 4.36. The molecule has 1 atom stereocenters. The molecular formula is C19H18ClFN2O2. The van der Waals surface area contributed by atoms with Crippen LogP contribution >= 0.6 is 11.6 Å². The number of fused-ring (bicyclic) bond motifs is 3. The summed E-state index contributed by atoms with van der Waals surface area (Å²) < 4.78 is 19.0. The molecule has 2 heterocycles. The van der Waals surface area contributed by atoms with Gasteiger partial charge >= 0.3 is 6.09 Å². The maximum atomic E-state index is 13.8. The van der Waals surface area contributed by atoms with Gasteiger partial charge in [0.05, 0.1) is 11.7 Å². The van der Waals surface area contributed by atoms with Crippen LogP contribution in [-0.4, -0.2) is 30.2 Å². The van der Waals surface area contributed by atoms with E-state index in [0.29, 0.717) is 25.4 Å². The quantitative estimate of drug-likeness (QED) is 0.804. The van der Waals surface area contributed by atoms with Gasteiger partial charge in [-0.1, -0.05) is 35.9 Å². The SMILES string of the molecule is O=C1OC[C@@H]2CCN(Cc3ccccc3Cl)Cc3ccc(F)cc3N12. The van der Waals surface area contributed by atoms with Crippen LogP contribution in [0.5, 0.6) is 0 Å². The van der Waals surface area contributed by atoms with Crippen molar-refractivity contribution < 1.29 is 13.9 Å². The lowest BCUT2D eigenvalue weighted by atomic mass is 10.0. The predicted molar refractivity (Wildman–Crippen MR) is 94.2 cm³/mol. The number of amides is 1. The van der Waals surface area contributed by atoms with E-state index in [1.807, 2.05) is 24.3 Å². The normalized spacial score (nSPS) is 20.5. The van der Waals surface area contributed by atoms with Crippen molar-refractivity contribution in [3.8, 4) is 0 Å². The molecule has 0 aliphatic carbocycles. The molecule has 0 radical (unpaired) electrons. The molecule has 4 nitrogen and oxygen atoms in total. The van der Waals surface area contributed by atoms with E-state index >= 15 is 0 Å². The minimum absolute atomic E-state index is 0.0675. The molecule has 0 bridgehead atoms. The zero-order valence-corrected chi connectivity index (χ0v) is 14.4. The molecule has 4 rings (SSSR count). The van der Waals surface area contributed by atoms with E-state index < -0.39 is 6.09 Å². The first kappa shape index (κ1) is 16.4. The summed E-state index contributed by atoms with van der Waals surface area (Å²) in [4.78, 5) is 16.0. The van der Waals surface area contributed by atoms with Gasteiger partial charge in [-0.2, -0.15) is 0 Å². The number of nitrogens with zero attached hydrogens (tertiary/aromatic N) is 2. The van der Waals surface area contributed by atoms with E-state index in [2.05, 4.69) is 4.90 Å². The number of anilines is 1. The van der Waals surface area contributed by atoms with Gasteiger partial charge in [-0.3, -0.25) is 9.80 Å². The molecule has 2 aliphatic heterocycles. The Morgan fingerprint density at radius 2 is 2.08 bits per heavy atom. The molecule has 2 aromatic rings. The van der Waals surface area contributed by atoms with Gasteiger partial charge in [-0.25, -0.2) is 9.18 Å². The maximum Gasteiger partial charge on any atom is 0.414 e. The number of halogens is 2. The molecule has 130 valence electrons. The molecule has 2 aliphatic rings. The summed E-state index contributed by atoms with van der Waals surface area (Å²) in [5.41, 5.74) is 2.58. The lowest BCUT2D eigenvalue weighted by molar-refractivity contribution is 0.177. The van der Waals surface area contributed by atoms with Gasteiger partial charge in [0.15, 0.2) is 0 Å². The first-order valence-electron chi connectivity index (χ1n) is 8.32. The molecule has 0 aromatic heterocycles. The molecule has 0 unspecified atom stereocenters. The zero-order chi connectivity index (χ0) is 17.4. The van der Waals surface area contributed by atoms with Crippen molar-refractivity contribution >= 4 is 23.4 Å². The van der Waals surface area contributed by atoms with Crippen LogP contribution in [0.1, 0.15) is 17.5 Å². The van der Waals surface area contributed by atoms with Gasteiger partial charge in [0.2, 0.25) is 0 Å². The first-order chi connectivity index (χ1) is 12.1. The fraction of sp³-hybridized carbons (Fsp3) is 0.316. The summed E-state index contributed by atoms with van der Waals surface area (Å²) in [5, 5.41) is 0.741. The summed E-state index contributed by atoms with van der Waals surface area (Å²) >= 11 is 6.30. The average molecular weight is 361 g/mol. The van der Waals surface area contributed by atoms with Crippen molar-refractivity contribution in [2.45, 2.75) is 25.6 Å². The smallest absolute Gasteiger partial charge is 0.414 e. The highest BCUT2D eigenvalue weighted by atomic mass is 35.5. The minimum Gasteiger partial charge on any atom is -0.447 e. The lowest BCUT2D eigenvalue weighted by Crippen LogP contribution is -2.40. The summed E-state index contributed by atoms with van der Waals surface area (Å²) in [6.07, 6.45) is 0.378. The van der Waals surface area contributed by atoms with Crippen molar-refractivity contribution in [3.63, 3.8) is 0 Å². The third-order valence-corrected chi connectivity index (χ3v) is 5.16. The number of carbonyl (C=O) groups is 1. The minimum atomic E-state index is -0.392. The van der Waals surface area contributed by atoms with Crippen molar-refractivity contribution in [1.29, 1.82) is 0 Å². The molecule has 1 saturated heterocycles. The number of cyclic esters (lactones) is 1. The van der Waals surface area contributed by atoms with Crippen LogP contribution in [0.3, 0.4) is 0 Å². The third kappa shape index (κ3) is 3.22. The van der Waals surface area contributed by atoms with Crippen LogP contribution in [0.2, 0.25) is 5.02 Å². The Morgan fingerprint density at radius 1 is 1.24 bits per heavy atom. The van der Waals surface area contributed by atoms with Crippen molar-refractivity contribution in [2.24, 2.45) is 0 Å². The Morgan fingerprint density at radius 3 is 2.92 bits per heavy atom. The standard InChI is InChI=1S/C19H18ClFN2O2/c20-17-4-2-1-3-13(17)10-22-8-7-16-12-25-19(24)23(16)18-9-15(21)6-5-14(18)11-22/h1-6,9,16H,7-8,10-12H2/t16-/m0/s1. The van der Waals surface area contributed by atoms with E-state index in [0.717, 1.165) is 29.1 Å². The van der Waals surface area contributed by atoms with Crippen molar-refractivity contribution in [2.75, 3.05) is 18.1 Å². The summed E-state index contributed by atoms with van der Waals surface area (Å²) in [5.74, 6) is -0.351. The van der Waals surface area contributed by atoms with E-state index in [4.69, 9.17) is 16.3 Å². The highest BCUT2D eigenvalue weighted by Gasteiger charge is 2.37. The van der Waals surface area contributed by atoms with Crippen LogP contribution in [0, 0.1) is 5.82 Å². The molecule has 1 fully saturated rings. The van der Waals surface area contributed by atoms with Gasteiger partial charge in [-0.05, 0) is 35.7 Å². The van der Waals surface area contributed by atoms with Crippen LogP contribution in [0.15, 0.2) is 42.5 Å². The lowest BCUT2D eigenvalue weighted by Gasteiger charge is -2.32. The van der Waals surface area contributed by atoms with Crippen molar-refractivity contribution in [3.05, 3.63) is 64.4 Å². The average Bonchev–Trinajstić information content (AvgIpc) is 2.94. The van der Waals surface area contributed by atoms with Crippen LogP contribution < -0.4 is 4.90 Å². The number of hydrogen-bond acceptors (Lipinski definition) is 3. The second-order valence-corrected chi connectivity index (χ2v) is 6.87. The van der Waals surface area contributed by atoms with Gasteiger partial charge < -0.3 is 4.74 Å². The summed E-state index contributed by atoms with van der Waals surface area (Å²) in [7, 11) is 0. The molecule has 0 spiro atoms. The largest absolute Gasteiger partial charge is 0.447 e. The van der Waals surface area contributed by atoms with Crippen LogP contribution in [0.25, 0.3) is 0 Å². The highest BCUT2D eigenvalue weighted by molar-refractivity contribution is 6.31. The number of rotatable bonds is 2. The van der Waals surface area contributed by atoms with Gasteiger partial charge in [0.1, 0.15) is 12.4 Å². The maximum absolute atomic E-state index is 13.8. The Balaban J connectivity index is 1.67. The number of carbonyl (C=O) groups excluding carboxylic acids is 1. The van der Waals surface area contributed by atoms with Crippen LogP contribution in [0.4, 0.5) is 14.9 Å². The van der Waals surface area contributed by atoms with Gasteiger partial charge in [0.25, 0.3) is 0 Å².